The van der Waals surface area contributed by atoms with E-state index in [1.165, 1.54) is 27.9 Å². The highest BCUT2D eigenvalue weighted by Gasteiger charge is 2.12. The number of thiophene rings is 1. The van der Waals surface area contributed by atoms with E-state index in [1.54, 1.807) is 22.1 Å². The molecular formula is C24H18N4O3S2. The Balaban J connectivity index is 1.35. The number of aromatic nitrogens is 4. The topological polar surface area (TPSA) is 78.5 Å². The SMILES string of the molecule is Cc1csc2nc(COC(=O)/C=C/c3cn(-c4ccccc4)nc3-c3cccs3)cc(=O)n12. The average Bonchev–Trinajstić information content (AvgIpc) is 3.57. The zero-order valence-electron chi connectivity index (χ0n) is 17.5. The number of benzene rings is 1. The Morgan fingerprint density at radius 2 is 2.00 bits per heavy atom. The molecule has 1 aromatic carbocycles. The maximum Gasteiger partial charge on any atom is 0.331 e. The quantitative estimate of drug-likeness (QED) is 0.263. The van der Waals surface area contributed by atoms with E-state index in [0.29, 0.717) is 10.7 Å². The summed E-state index contributed by atoms with van der Waals surface area (Å²) in [6, 6.07) is 15.1. The Hall–Kier alpha value is -3.82. The molecule has 0 aliphatic rings. The van der Waals surface area contributed by atoms with Gasteiger partial charge in [-0.3, -0.25) is 9.20 Å². The Morgan fingerprint density at radius 1 is 1.15 bits per heavy atom. The van der Waals surface area contributed by atoms with Gasteiger partial charge in [0, 0.05) is 35.0 Å². The molecule has 0 N–H and O–H groups in total. The van der Waals surface area contributed by atoms with Gasteiger partial charge in [-0.15, -0.1) is 22.7 Å². The molecule has 4 aromatic heterocycles. The van der Waals surface area contributed by atoms with Crippen molar-refractivity contribution in [3.05, 3.63) is 98.9 Å². The van der Waals surface area contributed by atoms with Gasteiger partial charge in [0.1, 0.15) is 12.3 Å². The van der Waals surface area contributed by atoms with Crippen LogP contribution in [0.4, 0.5) is 0 Å². The first-order chi connectivity index (χ1) is 16.1. The van der Waals surface area contributed by atoms with Gasteiger partial charge in [0.25, 0.3) is 5.56 Å². The number of para-hydroxylation sites is 1. The van der Waals surface area contributed by atoms with Gasteiger partial charge in [-0.1, -0.05) is 24.3 Å². The molecule has 0 aliphatic heterocycles. The van der Waals surface area contributed by atoms with Crippen molar-refractivity contribution in [1.29, 1.82) is 0 Å². The monoisotopic (exact) mass is 474 g/mol. The smallest absolute Gasteiger partial charge is 0.331 e. The van der Waals surface area contributed by atoms with Gasteiger partial charge < -0.3 is 4.74 Å². The van der Waals surface area contributed by atoms with E-state index in [9.17, 15) is 9.59 Å². The molecule has 5 rings (SSSR count). The number of carbonyl (C=O) groups excluding carboxylic acids is 1. The number of hydrogen-bond acceptors (Lipinski definition) is 7. The van der Waals surface area contributed by atoms with Crippen molar-refractivity contribution >= 4 is 39.7 Å². The molecule has 0 spiro atoms. The van der Waals surface area contributed by atoms with Crippen LogP contribution in [0.2, 0.25) is 0 Å². The average molecular weight is 475 g/mol. The zero-order valence-corrected chi connectivity index (χ0v) is 19.2. The largest absolute Gasteiger partial charge is 0.456 e. The maximum atomic E-state index is 12.4. The summed E-state index contributed by atoms with van der Waals surface area (Å²) in [5.74, 6) is -0.524. The van der Waals surface area contributed by atoms with Crippen LogP contribution >= 0.6 is 22.7 Å². The molecule has 0 amide bonds. The molecule has 164 valence electrons. The molecular weight excluding hydrogens is 456 g/mol. The van der Waals surface area contributed by atoms with Gasteiger partial charge in [0.15, 0.2) is 4.96 Å². The van der Waals surface area contributed by atoms with Gasteiger partial charge in [-0.05, 0) is 36.6 Å². The fourth-order valence-electron chi connectivity index (χ4n) is 3.35. The number of fused-ring (bicyclic) bond motifs is 1. The highest BCUT2D eigenvalue weighted by atomic mass is 32.1. The van der Waals surface area contributed by atoms with Crippen molar-refractivity contribution in [2.24, 2.45) is 0 Å². The first-order valence-corrected chi connectivity index (χ1v) is 11.8. The second-order valence-electron chi connectivity index (χ2n) is 7.21. The third kappa shape index (κ3) is 4.41. The van der Waals surface area contributed by atoms with Crippen LogP contribution < -0.4 is 5.56 Å². The predicted molar refractivity (Wildman–Crippen MR) is 130 cm³/mol. The zero-order chi connectivity index (χ0) is 22.8. The second-order valence-corrected chi connectivity index (χ2v) is 9.00. The van der Waals surface area contributed by atoms with E-state index in [-0.39, 0.29) is 12.2 Å². The molecule has 0 radical (unpaired) electrons. The molecule has 0 atom stereocenters. The van der Waals surface area contributed by atoms with E-state index in [4.69, 9.17) is 9.84 Å². The summed E-state index contributed by atoms with van der Waals surface area (Å²) in [7, 11) is 0. The number of hydrogen-bond donors (Lipinski definition) is 0. The Bertz CT molecular complexity index is 1510. The first kappa shape index (κ1) is 21.0. The van der Waals surface area contributed by atoms with Crippen LogP contribution in [0.25, 0.3) is 27.3 Å². The maximum absolute atomic E-state index is 12.4. The van der Waals surface area contributed by atoms with Crippen molar-refractivity contribution in [3.63, 3.8) is 0 Å². The summed E-state index contributed by atoms with van der Waals surface area (Å²) in [6.45, 7) is 1.77. The molecule has 0 unspecified atom stereocenters. The first-order valence-electron chi connectivity index (χ1n) is 10.1. The van der Waals surface area contributed by atoms with Crippen molar-refractivity contribution < 1.29 is 9.53 Å². The van der Waals surface area contributed by atoms with E-state index < -0.39 is 5.97 Å². The molecule has 0 saturated carbocycles. The number of esters is 1. The number of carbonyl (C=O) groups is 1. The Labute approximate surface area is 196 Å². The van der Waals surface area contributed by atoms with Crippen LogP contribution in [0.1, 0.15) is 17.0 Å². The van der Waals surface area contributed by atoms with Crippen molar-refractivity contribution in [1.82, 2.24) is 19.2 Å². The second kappa shape index (κ2) is 8.97. The van der Waals surface area contributed by atoms with Gasteiger partial charge in [-0.25, -0.2) is 14.5 Å². The van der Waals surface area contributed by atoms with E-state index in [1.807, 2.05) is 66.3 Å². The Morgan fingerprint density at radius 3 is 2.79 bits per heavy atom. The minimum Gasteiger partial charge on any atom is -0.456 e. The molecule has 0 bridgehead atoms. The fourth-order valence-corrected chi connectivity index (χ4v) is 4.97. The van der Waals surface area contributed by atoms with Gasteiger partial charge in [0.2, 0.25) is 0 Å². The summed E-state index contributed by atoms with van der Waals surface area (Å²) in [5.41, 5.74) is 3.57. The van der Waals surface area contributed by atoms with Crippen LogP contribution in [0.5, 0.6) is 0 Å². The predicted octanol–water partition coefficient (Wildman–Crippen LogP) is 4.74. The van der Waals surface area contributed by atoms with Crippen LogP contribution in [0.3, 0.4) is 0 Å². The molecule has 0 fully saturated rings. The lowest BCUT2D eigenvalue weighted by atomic mass is 10.2. The lowest BCUT2D eigenvalue weighted by molar-refractivity contribution is -0.139. The van der Waals surface area contributed by atoms with Crippen LogP contribution in [-0.4, -0.2) is 25.1 Å². The molecule has 0 aliphatic carbocycles. The number of nitrogens with zero attached hydrogens (tertiary/aromatic N) is 4. The molecule has 33 heavy (non-hydrogen) atoms. The van der Waals surface area contributed by atoms with Crippen molar-refractivity contribution in [3.8, 4) is 16.3 Å². The Kier molecular flexibility index (Phi) is 5.72. The summed E-state index contributed by atoms with van der Waals surface area (Å²) in [5, 5.41) is 8.56. The lowest BCUT2D eigenvalue weighted by Gasteiger charge is -2.02. The third-order valence-electron chi connectivity index (χ3n) is 4.91. The lowest BCUT2D eigenvalue weighted by Crippen LogP contribution is -2.16. The molecule has 7 nitrogen and oxygen atoms in total. The molecule has 9 heteroatoms. The molecule has 0 saturated heterocycles. The van der Waals surface area contributed by atoms with E-state index in [0.717, 1.165) is 27.5 Å². The number of ether oxygens (including phenoxy) is 1. The summed E-state index contributed by atoms with van der Waals surface area (Å²) in [4.78, 5) is 30.6. The normalized spacial score (nSPS) is 11.4. The highest BCUT2D eigenvalue weighted by Crippen LogP contribution is 2.28. The number of thiazole rings is 1. The molecule has 4 heterocycles. The highest BCUT2D eigenvalue weighted by molar-refractivity contribution is 7.15. The van der Waals surface area contributed by atoms with Gasteiger partial charge in [-0.2, -0.15) is 5.10 Å². The van der Waals surface area contributed by atoms with Crippen LogP contribution in [0.15, 0.2) is 76.4 Å². The van der Waals surface area contributed by atoms with Crippen molar-refractivity contribution in [2.45, 2.75) is 13.5 Å². The number of rotatable bonds is 6. The number of aryl methyl sites for hydroxylation is 1. The van der Waals surface area contributed by atoms with Gasteiger partial charge >= 0.3 is 5.97 Å². The van der Waals surface area contributed by atoms with Crippen LogP contribution in [-0.2, 0) is 16.1 Å². The minimum absolute atomic E-state index is 0.0765. The fraction of sp³-hybridized carbons (Fsp3) is 0.0833. The standard InChI is InChI=1S/C24H18N4O3S2/c1-16-15-33-24-25-18(12-21(29)28(16)24)14-31-22(30)10-9-17-13-27(19-6-3-2-4-7-19)26-23(17)20-8-5-11-32-20/h2-13,15H,14H2,1H3/b10-9+. The molecule has 5 aromatic rings. The van der Waals surface area contributed by atoms with E-state index >= 15 is 0 Å². The summed E-state index contributed by atoms with van der Waals surface area (Å²) >= 11 is 2.95. The van der Waals surface area contributed by atoms with Crippen molar-refractivity contribution in [2.75, 3.05) is 0 Å². The third-order valence-corrected chi connectivity index (χ3v) is 6.73. The minimum atomic E-state index is -0.524. The van der Waals surface area contributed by atoms with Crippen LogP contribution in [0, 0.1) is 6.92 Å². The van der Waals surface area contributed by atoms with E-state index in [2.05, 4.69) is 4.98 Å². The summed E-state index contributed by atoms with van der Waals surface area (Å²) in [6.07, 6.45) is 4.94. The summed E-state index contributed by atoms with van der Waals surface area (Å²) < 4.78 is 8.65. The van der Waals surface area contributed by atoms with Gasteiger partial charge in [0.05, 0.1) is 16.3 Å².